The maximum absolute atomic E-state index is 13.2. The third-order valence-corrected chi connectivity index (χ3v) is 7.98. The monoisotopic (exact) mass is 432 g/mol. The second-order valence-electron chi connectivity index (χ2n) is 10.0. The number of carbonyl (C=O) groups is 2. The van der Waals surface area contributed by atoms with E-state index in [1.807, 2.05) is 30.9 Å². The number of nitrogens with one attached hydrogen (secondary N) is 1. The fourth-order valence-electron chi connectivity index (χ4n) is 5.46. The molecule has 3 atom stereocenters. The van der Waals surface area contributed by atoms with Crippen molar-refractivity contribution >= 4 is 23.4 Å². The van der Waals surface area contributed by atoms with Crippen LogP contribution >= 0.6 is 11.6 Å². The number of nitrogens with zero attached hydrogens (tertiary/aromatic N) is 1. The molecular weight excluding hydrogens is 400 g/mol. The summed E-state index contributed by atoms with van der Waals surface area (Å²) in [4.78, 5) is 27.6. The molecular formula is C24H33ClN2O3. The largest absolute Gasteiger partial charge is 0.384 e. The second kappa shape index (κ2) is 8.16. The van der Waals surface area contributed by atoms with Crippen LogP contribution in [-0.4, -0.2) is 41.0 Å². The first kappa shape index (κ1) is 21.6. The number of benzene rings is 1. The Bertz CT molecular complexity index is 803. The van der Waals surface area contributed by atoms with Gasteiger partial charge in [-0.05, 0) is 49.8 Å². The lowest BCUT2D eigenvalue weighted by Gasteiger charge is -2.52. The van der Waals surface area contributed by atoms with Crippen molar-refractivity contribution < 1.29 is 14.7 Å². The van der Waals surface area contributed by atoms with E-state index in [-0.39, 0.29) is 29.7 Å². The summed E-state index contributed by atoms with van der Waals surface area (Å²) in [6.45, 7) is 5.04. The van der Waals surface area contributed by atoms with E-state index in [9.17, 15) is 14.7 Å². The van der Waals surface area contributed by atoms with Crippen LogP contribution in [0.3, 0.4) is 0 Å². The zero-order valence-electron chi connectivity index (χ0n) is 18.0. The van der Waals surface area contributed by atoms with Crippen molar-refractivity contribution in [3.05, 3.63) is 34.9 Å². The van der Waals surface area contributed by atoms with Crippen LogP contribution in [0.4, 0.5) is 0 Å². The molecule has 0 unspecified atom stereocenters. The Kier molecular flexibility index (Phi) is 5.88. The number of likely N-dealkylation sites (tertiary alicyclic amines) is 1. The Labute approximate surface area is 184 Å². The molecule has 5 nitrogen and oxygen atoms in total. The molecule has 1 aromatic carbocycles. The van der Waals surface area contributed by atoms with E-state index in [1.165, 1.54) is 0 Å². The lowest BCUT2D eigenvalue weighted by molar-refractivity contribution is -0.160. The summed E-state index contributed by atoms with van der Waals surface area (Å²) in [7, 11) is 0. The van der Waals surface area contributed by atoms with Gasteiger partial charge in [0.05, 0.1) is 11.5 Å². The van der Waals surface area contributed by atoms with Crippen molar-refractivity contribution in [1.29, 1.82) is 0 Å². The summed E-state index contributed by atoms with van der Waals surface area (Å²) >= 11 is 6.02. The Morgan fingerprint density at radius 2 is 1.77 bits per heavy atom. The third kappa shape index (κ3) is 3.87. The standard InChI is InChI=1S/C24H33ClN2O3/c1-23(2)15-27(14-13-24(23,30)17-7-9-18(25)10-8-17)22(29)19-11-12-20(19)26-21(28)16-5-3-4-6-16/h7-10,16,19-20,30H,3-6,11-15H2,1-2H3,(H,26,28)/t19-,20+,24-/m0/s1. The van der Waals surface area contributed by atoms with Crippen LogP contribution in [0.2, 0.25) is 5.02 Å². The van der Waals surface area contributed by atoms with Gasteiger partial charge in [-0.3, -0.25) is 9.59 Å². The van der Waals surface area contributed by atoms with E-state index in [4.69, 9.17) is 11.6 Å². The number of hydrogen-bond donors (Lipinski definition) is 2. The minimum absolute atomic E-state index is 0.0363. The van der Waals surface area contributed by atoms with Crippen molar-refractivity contribution in [2.75, 3.05) is 13.1 Å². The van der Waals surface area contributed by atoms with Crippen molar-refractivity contribution in [3.63, 3.8) is 0 Å². The molecule has 2 N–H and O–H groups in total. The molecule has 6 heteroatoms. The van der Waals surface area contributed by atoms with Gasteiger partial charge >= 0.3 is 0 Å². The molecule has 3 fully saturated rings. The van der Waals surface area contributed by atoms with Gasteiger partial charge in [0.25, 0.3) is 0 Å². The first-order valence-electron chi connectivity index (χ1n) is 11.3. The molecule has 0 aromatic heterocycles. The summed E-state index contributed by atoms with van der Waals surface area (Å²) < 4.78 is 0. The minimum atomic E-state index is -1.01. The van der Waals surface area contributed by atoms with Gasteiger partial charge in [0.1, 0.15) is 0 Å². The molecule has 0 bridgehead atoms. The molecule has 1 saturated heterocycles. The number of halogens is 1. The highest BCUT2D eigenvalue weighted by Crippen LogP contribution is 2.47. The average Bonchev–Trinajstić information content (AvgIpc) is 3.22. The maximum Gasteiger partial charge on any atom is 0.227 e. The van der Waals surface area contributed by atoms with Crippen molar-refractivity contribution in [3.8, 4) is 0 Å². The lowest BCUT2D eigenvalue weighted by atomic mass is 9.66. The molecule has 2 amide bonds. The molecule has 4 rings (SSSR count). The number of carbonyl (C=O) groups excluding carboxylic acids is 2. The number of piperidine rings is 1. The molecule has 0 radical (unpaired) electrons. The summed E-state index contributed by atoms with van der Waals surface area (Å²) in [6.07, 6.45) is 6.39. The number of amides is 2. The van der Waals surface area contributed by atoms with Crippen molar-refractivity contribution in [2.24, 2.45) is 17.3 Å². The van der Waals surface area contributed by atoms with Crippen LogP contribution in [0.15, 0.2) is 24.3 Å². The Morgan fingerprint density at radius 3 is 2.33 bits per heavy atom. The smallest absolute Gasteiger partial charge is 0.227 e. The molecule has 0 spiro atoms. The molecule has 1 aliphatic heterocycles. The second-order valence-corrected chi connectivity index (χ2v) is 10.5. The van der Waals surface area contributed by atoms with Crippen LogP contribution in [0, 0.1) is 17.3 Å². The SMILES string of the molecule is CC1(C)CN(C(=O)[C@H]2CC[C@H]2NC(=O)C2CCCC2)CC[C@]1(O)c1ccc(Cl)cc1. The molecule has 3 aliphatic rings. The van der Waals surface area contributed by atoms with Crippen LogP contribution in [0.1, 0.15) is 64.4 Å². The van der Waals surface area contributed by atoms with Crippen LogP contribution < -0.4 is 5.32 Å². The van der Waals surface area contributed by atoms with Crippen LogP contribution in [0.5, 0.6) is 0 Å². The Morgan fingerprint density at radius 1 is 1.10 bits per heavy atom. The van der Waals surface area contributed by atoms with E-state index in [2.05, 4.69) is 5.32 Å². The molecule has 164 valence electrons. The minimum Gasteiger partial charge on any atom is -0.384 e. The fourth-order valence-corrected chi connectivity index (χ4v) is 5.59. The van der Waals surface area contributed by atoms with Crippen LogP contribution in [-0.2, 0) is 15.2 Å². The average molecular weight is 433 g/mol. The normalized spacial score (nSPS) is 31.3. The van der Waals surface area contributed by atoms with Crippen molar-refractivity contribution in [2.45, 2.75) is 70.4 Å². The first-order chi connectivity index (χ1) is 14.2. The summed E-state index contributed by atoms with van der Waals surface area (Å²) in [6, 6.07) is 7.32. The van der Waals surface area contributed by atoms with Gasteiger partial charge in [-0.15, -0.1) is 0 Å². The Hall–Kier alpha value is -1.59. The number of hydrogen-bond acceptors (Lipinski definition) is 3. The van der Waals surface area contributed by atoms with Gasteiger partial charge < -0.3 is 15.3 Å². The predicted octanol–water partition coefficient (Wildman–Crippen LogP) is 3.87. The highest BCUT2D eigenvalue weighted by molar-refractivity contribution is 6.30. The number of rotatable bonds is 4. The van der Waals surface area contributed by atoms with Crippen molar-refractivity contribution in [1.82, 2.24) is 10.2 Å². The highest BCUT2D eigenvalue weighted by atomic mass is 35.5. The van der Waals surface area contributed by atoms with E-state index in [1.54, 1.807) is 12.1 Å². The zero-order valence-corrected chi connectivity index (χ0v) is 18.8. The molecule has 1 heterocycles. The van der Waals surface area contributed by atoms with Gasteiger partial charge in [0.15, 0.2) is 0 Å². The third-order valence-electron chi connectivity index (χ3n) is 7.73. The quantitative estimate of drug-likeness (QED) is 0.758. The van der Waals surface area contributed by atoms with E-state index in [0.29, 0.717) is 24.5 Å². The van der Waals surface area contributed by atoms with E-state index in [0.717, 1.165) is 44.1 Å². The first-order valence-corrected chi connectivity index (χ1v) is 11.7. The van der Waals surface area contributed by atoms with E-state index < -0.39 is 11.0 Å². The highest BCUT2D eigenvalue weighted by Gasteiger charge is 2.51. The molecule has 1 aromatic rings. The zero-order chi connectivity index (χ0) is 21.5. The lowest BCUT2D eigenvalue weighted by Crippen LogP contribution is -2.60. The van der Waals surface area contributed by atoms with Crippen LogP contribution in [0.25, 0.3) is 0 Å². The van der Waals surface area contributed by atoms with Gasteiger partial charge in [-0.25, -0.2) is 0 Å². The van der Waals surface area contributed by atoms with E-state index >= 15 is 0 Å². The Balaban J connectivity index is 1.40. The summed E-state index contributed by atoms with van der Waals surface area (Å²) in [5.41, 5.74) is -0.667. The summed E-state index contributed by atoms with van der Waals surface area (Å²) in [5, 5.41) is 15.3. The molecule has 2 saturated carbocycles. The number of aliphatic hydroxyl groups is 1. The predicted molar refractivity (Wildman–Crippen MR) is 117 cm³/mol. The summed E-state index contributed by atoms with van der Waals surface area (Å²) in [5.74, 6) is 0.243. The molecule has 2 aliphatic carbocycles. The van der Waals surface area contributed by atoms with Gasteiger partial charge in [0, 0.05) is 35.5 Å². The topological polar surface area (TPSA) is 69.6 Å². The fraction of sp³-hybridized carbons (Fsp3) is 0.667. The maximum atomic E-state index is 13.2. The van der Waals surface area contributed by atoms with Gasteiger partial charge in [-0.2, -0.15) is 0 Å². The molecule has 30 heavy (non-hydrogen) atoms. The van der Waals surface area contributed by atoms with Gasteiger partial charge in [-0.1, -0.05) is 50.4 Å². The van der Waals surface area contributed by atoms with Gasteiger partial charge in [0.2, 0.25) is 11.8 Å².